The number of anilines is 1. The van der Waals surface area contributed by atoms with E-state index in [4.69, 9.17) is 0 Å². The topological polar surface area (TPSA) is 34.0 Å². The van der Waals surface area contributed by atoms with Crippen LogP contribution in [-0.4, -0.2) is 11.1 Å². The Morgan fingerprint density at radius 3 is 2.74 bits per heavy atom. The number of aromatic nitrogens is 1. The van der Waals surface area contributed by atoms with Gasteiger partial charge in [-0.1, -0.05) is 6.07 Å². The molecule has 6 heteroatoms. The molecule has 1 aromatic heterocycles. The summed E-state index contributed by atoms with van der Waals surface area (Å²) in [4.78, 5) is 11.4. The molecule has 0 saturated carbocycles. The van der Waals surface area contributed by atoms with Crippen LogP contribution in [0, 0.1) is 11.6 Å². The van der Waals surface area contributed by atoms with Gasteiger partial charge < -0.3 is 9.88 Å². The summed E-state index contributed by atoms with van der Waals surface area (Å²) in [5, 5.41) is 2.76. The first-order chi connectivity index (χ1) is 9.08. The minimum Gasteiger partial charge on any atom is -0.381 e. The lowest BCUT2D eigenvalue weighted by molar-refractivity contribution is 0.595. The van der Waals surface area contributed by atoms with E-state index >= 15 is 0 Å². The van der Waals surface area contributed by atoms with Crippen LogP contribution in [0.3, 0.4) is 0 Å². The first kappa shape index (κ1) is 13.7. The van der Waals surface area contributed by atoms with Crippen molar-refractivity contribution in [3.63, 3.8) is 0 Å². The van der Waals surface area contributed by atoms with Gasteiger partial charge in [-0.2, -0.15) is 0 Å². The molecule has 100 valence electrons. The largest absolute Gasteiger partial charge is 0.381 e. The molecule has 0 spiro atoms. The molecule has 19 heavy (non-hydrogen) atoms. The van der Waals surface area contributed by atoms with Gasteiger partial charge in [0.05, 0.1) is 10.2 Å². The fourth-order valence-electron chi connectivity index (χ4n) is 1.61. The molecule has 0 aliphatic heterocycles. The minimum atomic E-state index is -0.548. The summed E-state index contributed by atoms with van der Waals surface area (Å²) in [6, 6.07) is 6.97. The number of rotatable bonds is 4. The lowest BCUT2D eigenvalue weighted by Crippen LogP contribution is -2.22. The van der Waals surface area contributed by atoms with E-state index in [-0.39, 0.29) is 15.7 Å². The number of pyridine rings is 1. The highest BCUT2D eigenvalue weighted by atomic mass is 79.9. The predicted octanol–water partition coefficient (Wildman–Crippen LogP) is 3.00. The van der Waals surface area contributed by atoms with Gasteiger partial charge in [-0.25, -0.2) is 8.78 Å². The molecule has 0 aliphatic carbocycles. The Kier molecular flexibility index (Phi) is 4.31. The summed E-state index contributed by atoms with van der Waals surface area (Å²) in [5.41, 5.74) is -0.0589. The van der Waals surface area contributed by atoms with Crippen molar-refractivity contribution < 1.29 is 8.78 Å². The second-order valence-electron chi connectivity index (χ2n) is 3.91. The number of benzene rings is 1. The normalized spacial score (nSPS) is 10.5. The average molecular weight is 329 g/mol. The maximum absolute atomic E-state index is 13.5. The van der Waals surface area contributed by atoms with Crippen molar-refractivity contribution >= 4 is 21.6 Å². The van der Waals surface area contributed by atoms with Crippen LogP contribution in [0.5, 0.6) is 0 Å². The van der Waals surface area contributed by atoms with Crippen LogP contribution in [0.1, 0.15) is 0 Å². The highest BCUT2D eigenvalue weighted by molar-refractivity contribution is 9.10. The summed E-state index contributed by atoms with van der Waals surface area (Å²) < 4.78 is 28.3. The zero-order valence-electron chi connectivity index (χ0n) is 9.87. The van der Waals surface area contributed by atoms with Crippen LogP contribution in [0.4, 0.5) is 14.5 Å². The van der Waals surface area contributed by atoms with Gasteiger partial charge in [0.15, 0.2) is 0 Å². The van der Waals surface area contributed by atoms with Crippen molar-refractivity contribution in [2.45, 2.75) is 6.54 Å². The van der Waals surface area contributed by atoms with Gasteiger partial charge in [0, 0.05) is 31.4 Å². The van der Waals surface area contributed by atoms with Crippen LogP contribution < -0.4 is 10.9 Å². The molecule has 3 nitrogen and oxygen atoms in total. The van der Waals surface area contributed by atoms with E-state index in [1.807, 2.05) is 0 Å². The summed E-state index contributed by atoms with van der Waals surface area (Å²) in [7, 11) is 0. The Labute approximate surface area is 117 Å². The smallest absolute Gasteiger partial charge is 0.250 e. The average Bonchev–Trinajstić information content (AvgIpc) is 2.38. The van der Waals surface area contributed by atoms with Crippen LogP contribution in [0.25, 0.3) is 0 Å². The van der Waals surface area contributed by atoms with Gasteiger partial charge in [0.25, 0.3) is 5.56 Å². The molecule has 1 aromatic carbocycles. The Bertz CT molecular complexity index is 643. The molecule has 0 aliphatic rings. The first-order valence-corrected chi connectivity index (χ1v) is 6.41. The lowest BCUT2D eigenvalue weighted by atomic mass is 10.3. The quantitative estimate of drug-likeness (QED) is 0.875. The third kappa shape index (κ3) is 3.41. The molecule has 0 saturated heterocycles. The zero-order chi connectivity index (χ0) is 13.8. The summed E-state index contributed by atoms with van der Waals surface area (Å²) in [6.07, 6.45) is 1.64. The fourth-order valence-corrected chi connectivity index (χ4v) is 1.93. The Balaban J connectivity index is 2.02. The van der Waals surface area contributed by atoms with E-state index in [9.17, 15) is 13.6 Å². The van der Waals surface area contributed by atoms with Crippen molar-refractivity contribution in [1.29, 1.82) is 0 Å². The Morgan fingerprint density at radius 1 is 1.21 bits per heavy atom. The Morgan fingerprint density at radius 2 is 2.00 bits per heavy atom. The van der Waals surface area contributed by atoms with Crippen molar-refractivity contribution in [1.82, 2.24) is 4.57 Å². The SMILES string of the molecule is O=c1ccccn1CCNc1cc(F)c(Br)cc1F. The molecular weight excluding hydrogens is 318 g/mol. The third-order valence-corrected chi connectivity index (χ3v) is 3.18. The van der Waals surface area contributed by atoms with E-state index in [2.05, 4.69) is 21.2 Å². The summed E-state index contributed by atoms with van der Waals surface area (Å²) >= 11 is 2.91. The van der Waals surface area contributed by atoms with E-state index in [0.29, 0.717) is 13.1 Å². The highest BCUT2D eigenvalue weighted by Crippen LogP contribution is 2.23. The fraction of sp³-hybridized carbons (Fsp3) is 0.154. The molecule has 1 N–H and O–H groups in total. The van der Waals surface area contributed by atoms with Crippen molar-refractivity contribution in [2.24, 2.45) is 0 Å². The molecule has 0 atom stereocenters. The standard InChI is InChI=1S/C13H11BrF2N2O/c14-9-7-11(16)12(8-10(9)15)17-4-6-18-5-2-1-3-13(18)19/h1-3,5,7-8,17H,4,6H2. The number of halogens is 3. The summed E-state index contributed by atoms with van der Waals surface area (Å²) in [6.45, 7) is 0.693. The van der Waals surface area contributed by atoms with Gasteiger partial charge in [0.1, 0.15) is 11.6 Å². The van der Waals surface area contributed by atoms with Crippen molar-refractivity contribution in [3.8, 4) is 0 Å². The van der Waals surface area contributed by atoms with Crippen LogP contribution >= 0.6 is 15.9 Å². The second-order valence-corrected chi connectivity index (χ2v) is 4.76. The maximum Gasteiger partial charge on any atom is 0.250 e. The molecule has 0 unspecified atom stereocenters. The monoisotopic (exact) mass is 328 g/mol. The van der Waals surface area contributed by atoms with E-state index in [1.54, 1.807) is 18.3 Å². The number of hydrogen-bond donors (Lipinski definition) is 1. The van der Waals surface area contributed by atoms with E-state index in [0.717, 1.165) is 12.1 Å². The van der Waals surface area contributed by atoms with E-state index < -0.39 is 11.6 Å². The second kappa shape index (κ2) is 5.97. The van der Waals surface area contributed by atoms with Crippen LogP contribution in [-0.2, 0) is 6.54 Å². The van der Waals surface area contributed by atoms with Gasteiger partial charge in [-0.05, 0) is 28.1 Å². The molecule has 2 aromatic rings. The van der Waals surface area contributed by atoms with Crippen LogP contribution in [0.15, 0.2) is 45.8 Å². The molecule has 0 fully saturated rings. The van der Waals surface area contributed by atoms with Gasteiger partial charge in [-0.3, -0.25) is 4.79 Å². The molecule has 0 radical (unpaired) electrons. The first-order valence-electron chi connectivity index (χ1n) is 5.62. The molecule has 2 rings (SSSR count). The summed E-state index contributed by atoms with van der Waals surface area (Å²) in [5.74, 6) is -1.09. The third-order valence-electron chi connectivity index (χ3n) is 2.58. The van der Waals surface area contributed by atoms with E-state index in [1.165, 1.54) is 10.6 Å². The number of nitrogens with zero attached hydrogens (tertiary/aromatic N) is 1. The Hall–Kier alpha value is -1.69. The minimum absolute atomic E-state index is 0.0738. The predicted molar refractivity (Wildman–Crippen MR) is 73.2 cm³/mol. The molecular formula is C13H11BrF2N2O. The molecule has 0 amide bonds. The number of hydrogen-bond acceptors (Lipinski definition) is 2. The van der Waals surface area contributed by atoms with Gasteiger partial charge in [-0.15, -0.1) is 0 Å². The highest BCUT2D eigenvalue weighted by Gasteiger charge is 2.07. The van der Waals surface area contributed by atoms with Gasteiger partial charge >= 0.3 is 0 Å². The maximum atomic E-state index is 13.5. The number of nitrogens with one attached hydrogen (secondary N) is 1. The lowest BCUT2D eigenvalue weighted by Gasteiger charge is -2.09. The van der Waals surface area contributed by atoms with Crippen LogP contribution in [0.2, 0.25) is 0 Å². The van der Waals surface area contributed by atoms with Crippen molar-refractivity contribution in [2.75, 3.05) is 11.9 Å². The molecule has 1 heterocycles. The zero-order valence-corrected chi connectivity index (χ0v) is 11.5. The van der Waals surface area contributed by atoms with Crippen molar-refractivity contribution in [3.05, 3.63) is 63.0 Å². The van der Waals surface area contributed by atoms with Gasteiger partial charge in [0.2, 0.25) is 0 Å². The molecule has 0 bridgehead atoms.